The molecule has 4 amide bonds. The monoisotopic (exact) mass is 642 g/mol. The first-order valence-electron chi connectivity index (χ1n) is 16.9. The fourth-order valence-corrected chi connectivity index (χ4v) is 5.18. The van der Waals surface area contributed by atoms with E-state index in [1.54, 1.807) is 61.2 Å². The lowest BCUT2D eigenvalue weighted by molar-refractivity contribution is -0.132. The maximum Gasteiger partial charge on any atom is 0.247 e. The van der Waals surface area contributed by atoms with Crippen LogP contribution in [-0.2, 0) is 32.3 Å². The Labute approximate surface area is 278 Å². The van der Waals surface area contributed by atoms with Crippen molar-refractivity contribution in [1.29, 1.82) is 0 Å². The van der Waals surface area contributed by atoms with Gasteiger partial charge in [0.05, 0.1) is 0 Å². The number of unbranched alkanes of at least 4 members (excludes halogenated alkanes) is 8. The Hall–Kier alpha value is -4.60. The third-order valence-corrected chi connectivity index (χ3v) is 7.96. The Balaban J connectivity index is 1.60. The molecule has 0 aliphatic carbocycles. The van der Waals surface area contributed by atoms with Gasteiger partial charge in [-0.05, 0) is 53.8 Å². The van der Waals surface area contributed by atoms with Crippen molar-refractivity contribution in [2.75, 3.05) is 0 Å². The molecule has 0 bridgehead atoms. The molecule has 0 aliphatic rings. The Morgan fingerprint density at radius 3 is 1.74 bits per heavy atom. The molecule has 2 atom stereocenters. The number of carbonyl (C=O) groups excluding carboxylic acids is 4. The standard InChI is InChI=1S/C37H50N6O4/c1-2-3-4-5-6-7-8-9-13-16-34(45)43-35(31-14-11-10-12-15-31)37(47)42-32(36(46)41-28-30-21-25-39-26-22-30)17-18-33(44)40-27-29-19-23-38-24-20-29/h10-12,14-15,19-26,32,35H,2-9,13,16-18,27-28H2,1H3,(H,40,44)(H,41,46)(H,42,47)(H,43,45)/t32-,35+/m0/s1. The van der Waals surface area contributed by atoms with Gasteiger partial charge in [0.2, 0.25) is 23.6 Å². The third-order valence-electron chi connectivity index (χ3n) is 7.96. The Bertz CT molecular complexity index is 1340. The van der Waals surface area contributed by atoms with Gasteiger partial charge in [-0.25, -0.2) is 0 Å². The lowest BCUT2D eigenvalue weighted by atomic mass is 10.0. The molecular weight excluding hydrogens is 592 g/mol. The van der Waals surface area contributed by atoms with Crippen molar-refractivity contribution < 1.29 is 19.2 Å². The summed E-state index contributed by atoms with van der Waals surface area (Å²) >= 11 is 0. The summed E-state index contributed by atoms with van der Waals surface area (Å²) < 4.78 is 0. The first-order valence-corrected chi connectivity index (χ1v) is 16.9. The van der Waals surface area contributed by atoms with Gasteiger partial charge in [-0.2, -0.15) is 0 Å². The molecule has 10 heteroatoms. The number of pyridine rings is 2. The largest absolute Gasteiger partial charge is 0.352 e. The summed E-state index contributed by atoms with van der Waals surface area (Å²) in [5, 5.41) is 11.4. The maximum atomic E-state index is 13.7. The topological polar surface area (TPSA) is 142 Å². The molecule has 0 fully saturated rings. The van der Waals surface area contributed by atoms with E-state index in [4.69, 9.17) is 0 Å². The average molecular weight is 643 g/mol. The molecule has 2 heterocycles. The number of hydrogen-bond donors (Lipinski definition) is 4. The first-order chi connectivity index (χ1) is 23.0. The number of hydrogen-bond acceptors (Lipinski definition) is 6. The molecule has 1 aromatic carbocycles. The second-order valence-electron chi connectivity index (χ2n) is 11.8. The van der Waals surface area contributed by atoms with Gasteiger partial charge in [0, 0.05) is 50.7 Å². The molecule has 3 aromatic rings. The summed E-state index contributed by atoms with van der Waals surface area (Å²) in [4.78, 5) is 60.8. The number of nitrogens with zero attached hydrogens (tertiary/aromatic N) is 2. The highest BCUT2D eigenvalue weighted by Crippen LogP contribution is 2.16. The Morgan fingerprint density at radius 2 is 1.15 bits per heavy atom. The predicted octanol–water partition coefficient (Wildman–Crippen LogP) is 5.45. The van der Waals surface area contributed by atoms with Crippen LogP contribution in [0.25, 0.3) is 0 Å². The summed E-state index contributed by atoms with van der Waals surface area (Å²) in [5.41, 5.74) is 2.35. The molecule has 0 saturated heterocycles. The van der Waals surface area contributed by atoms with Crippen LogP contribution < -0.4 is 21.3 Å². The highest BCUT2D eigenvalue weighted by molar-refractivity contribution is 5.93. The van der Waals surface area contributed by atoms with E-state index < -0.39 is 23.9 Å². The SMILES string of the molecule is CCCCCCCCCCCC(=O)N[C@@H](C(=O)N[C@@H](CCC(=O)NCc1ccncc1)C(=O)NCc1ccncc1)c1ccccc1. The van der Waals surface area contributed by atoms with E-state index in [1.807, 2.05) is 18.2 Å². The summed E-state index contributed by atoms with van der Waals surface area (Å²) in [7, 11) is 0. The zero-order valence-electron chi connectivity index (χ0n) is 27.6. The lowest BCUT2D eigenvalue weighted by Gasteiger charge is -2.23. The number of benzene rings is 1. The fourth-order valence-electron chi connectivity index (χ4n) is 5.18. The first kappa shape index (κ1) is 36.9. The minimum absolute atomic E-state index is 0.0136. The van der Waals surface area contributed by atoms with Crippen molar-refractivity contribution in [3.8, 4) is 0 Å². The van der Waals surface area contributed by atoms with Crippen LogP contribution in [-0.4, -0.2) is 39.6 Å². The Kier molecular flexibility index (Phi) is 17.3. The molecule has 0 unspecified atom stereocenters. The lowest BCUT2D eigenvalue weighted by Crippen LogP contribution is -2.50. The molecule has 0 aliphatic heterocycles. The second kappa shape index (κ2) is 22.0. The number of rotatable bonds is 22. The molecule has 0 radical (unpaired) electrons. The summed E-state index contributed by atoms with van der Waals surface area (Å²) in [6.45, 7) is 2.78. The van der Waals surface area contributed by atoms with Crippen molar-refractivity contribution in [2.45, 2.75) is 109 Å². The zero-order chi connectivity index (χ0) is 33.5. The van der Waals surface area contributed by atoms with Crippen molar-refractivity contribution in [3.63, 3.8) is 0 Å². The van der Waals surface area contributed by atoms with E-state index >= 15 is 0 Å². The molecule has 47 heavy (non-hydrogen) atoms. The smallest absolute Gasteiger partial charge is 0.247 e. The molecule has 10 nitrogen and oxygen atoms in total. The van der Waals surface area contributed by atoms with Gasteiger partial charge in [0.25, 0.3) is 0 Å². The Morgan fingerprint density at radius 1 is 0.596 bits per heavy atom. The van der Waals surface area contributed by atoms with Crippen LogP contribution in [0.3, 0.4) is 0 Å². The number of carbonyl (C=O) groups is 4. The predicted molar refractivity (Wildman–Crippen MR) is 183 cm³/mol. The van der Waals surface area contributed by atoms with E-state index in [-0.39, 0.29) is 31.2 Å². The van der Waals surface area contributed by atoms with Gasteiger partial charge in [-0.3, -0.25) is 29.1 Å². The molecule has 252 valence electrons. The van der Waals surface area contributed by atoms with E-state index in [0.29, 0.717) is 18.5 Å². The van der Waals surface area contributed by atoms with Gasteiger partial charge < -0.3 is 21.3 Å². The molecule has 0 saturated carbocycles. The highest BCUT2D eigenvalue weighted by Gasteiger charge is 2.28. The normalized spacial score (nSPS) is 12.0. The van der Waals surface area contributed by atoms with Crippen LogP contribution in [0.5, 0.6) is 0 Å². The van der Waals surface area contributed by atoms with Crippen LogP contribution in [0.15, 0.2) is 79.4 Å². The maximum absolute atomic E-state index is 13.7. The van der Waals surface area contributed by atoms with Crippen LogP contribution in [0.2, 0.25) is 0 Å². The number of nitrogens with one attached hydrogen (secondary N) is 4. The quantitative estimate of drug-likeness (QED) is 0.107. The van der Waals surface area contributed by atoms with Gasteiger partial charge >= 0.3 is 0 Å². The van der Waals surface area contributed by atoms with Crippen molar-refractivity contribution in [2.24, 2.45) is 0 Å². The van der Waals surface area contributed by atoms with E-state index in [9.17, 15) is 19.2 Å². The molecular formula is C37H50N6O4. The van der Waals surface area contributed by atoms with Crippen molar-refractivity contribution >= 4 is 23.6 Å². The summed E-state index contributed by atoms with van der Waals surface area (Å²) in [6.07, 6.45) is 17.3. The van der Waals surface area contributed by atoms with Crippen LogP contribution >= 0.6 is 0 Å². The number of aromatic nitrogens is 2. The van der Waals surface area contributed by atoms with Crippen LogP contribution in [0, 0.1) is 0 Å². The number of amides is 4. The second-order valence-corrected chi connectivity index (χ2v) is 11.8. The fraction of sp³-hybridized carbons (Fsp3) is 0.459. The van der Waals surface area contributed by atoms with Gasteiger partial charge in [0.15, 0.2) is 0 Å². The van der Waals surface area contributed by atoms with Crippen LogP contribution in [0.1, 0.15) is 107 Å². The molecule has 2 aromatic heterocycles. The van der Waals surface area contributed by atoms with Crippen molar-refractivity contribution in [3.05, 3.63) is 96.1 Å². The minimum atomic E-state index is -1.00. The van der Waals surface area contributed by atoms with Crippen molar-refractivity contribution in [1.82, 2.24) is 31.2 Å². The molecule has 0 spiro atoms. The summed E-state index contributed by atoms with van der Waals surface area (Å²) in [6, 6.07) is 14.2. The molecule has 3 rings (SSSR count). The van der Waals surface area contributed by atoms with E-state index in [0.717, 1.165) is 30.4 Å². The zero-order valence-corrected chi connectivity index (χ0v) is 27.6. The van der Waals surface area contributed by atoms with Crippen LogP contribution in [0.4, 0.5) is 0 Å². The average Bonchev–Trinajstić information content (AvgIpc) is 3.10. The minimum Gasteiger partial charge on any atom is -0.352 e. The third kappa shape index (κ3) is 15.0. The van der Waals surface area contributed by atoms with E-state index in [2.05, 4.69) is 38.2 Å². The van der Waals surface area contributed by atoms with E-state index in [1.165, 1.54) is 38.5 Å². The highest BCUT2D eigenvalue weighted by atomic mass is 16.2. The van der Waals surface area contributed by atoms with Gasteiger partial charge in [0.1, 0.15) is 12.1 Å². The van der Waals surface area contributed by atoms with Gasteiger partial charge in [-0.15, -0.1) is 0 Å². The van der Waals surface area contributed by atoms with Gasteiger partial charge in [-0.1, -0.05) is 88.6 Å². The molecule has 4 N–H and O–H groups in total. The summed E-state index contributed by atoms with van der Waals surface area (Å²) in [5.74, 6) is -1.41.